The monoisotopic (exact) mass is 1120 g/mol. The normalized spacial score (nSPS) is 12.6. The zero-order valence-corrected chi connectivity index (χ0v) is 50.9. The maximum absolute atomic E-state index is 7.67. The zero-order chi connectivity index (χ0) is 55.5. The quantitative estimate of drug-likeness (QED) is 0.0362. The largest absolute Gasteiger partial charge is 0.491 e. The van der Waals surface area contributed by atoms with E-state index in [2.05, 4.69) is 97.5 Å². The molecule has 8 nitrogen and oxygen atoms in total. The van der Waals surface area contributed by atoms with E-state index < -0.39 is 0 Å². The van der Waals surface area contributed by atoms with Crippen molar-refractivity contribution in [2.45, 2.75) is 246 Å². The van der Waals surface area contributed by atoms with Gasteiger partial charge in [0, 0.05) is 47.0 Å². The van der Waals surface area contributed by atoms with E-state index >= 15 is 0 Å². The molecule has 432 valence electrons. The lowest BCUT2D eigenvalue weighted by molar-refractivity contribution is 0.303. The summed E-state index contributed by atoms with van der Waals surface area (Å²) in [5, 5.41) is 5.62. The molecule has 9 rings (SSSR count). The smallest absolute Gasteiger partial charge is 0.175 e. The van der Waals surface area contributed by atoms with E-state index in [9.17, 15) is 0 Å². The van der Waals surface area contributed by atoms with E-state index in [-0.39, 0.29) is 0 Å². The van der Waals surface area contributed by atoms with Crippen LogP contribution in [0.2, 0.25) is 10.0 Å². The Hall–Kier alpha value is -4.92. The average molecular weight is 1130 g/mol. The number of hydrogen-bond donors (Lipinski definition) is 0. The van der Waals surface area contributed by atoms with Gasteiger partial charge >= 0.3 is 0 Å². The van der Waals surface area contributed by atoms with Crippen LogP contribution in [0, 0.1) is 0 Å². The number of aromatic nitrogens is 2. The van der Waals surface area contributed by atoms with Crippen LogP contribution in [0.1, 0.15) is 233 Å². The maximum Gasteiger partial charge on any atom is 0.175 e. The van der Waals surface area contributed by atoms with Gasteiger partial charge in [-0.25, -0.2) is 9.98 Å². The third kappa shape index (κ3) is 14.3. The first-order valence-electron chi connectivity index (χ1n) is 32.2. The van der Waals surface area contributed by atoms with Gasteiger partial charge in [0.2, 0.25) is 0 Å². The van der Waals surface area contributed by atoms with Crippen LogP contribution >= 0.6 is 23.2 Å². The molecular formula is C70H94Cl2N4O4. The summed E-state index contributed by atoms with van der Waals surface area (Å²) < 4.78 is 33.1. The molecule has 0 radical (unpaired) electrons. The predicted octanol–water partition coefficient (Wildman–Crippen LogP) is 22.6. The highest BCUT2D eigenvalue weighted by Gasteiger charge is 2.33. The lowest BCUT2D eigenvalue weighted by Gasteiger charge is -2.24. The van der Waals surface area contributed by atoms with E-state index in [4.69, 9.17) is 52.1 Å². The molecule has 2 aliphatic heterocycles. The minimum absolute atomic E-state index is 0.298. The minimum Gasteiger partial charge on any atom is -0.491 e. The molecule has 5 aromatic carbocycles. The Kier molecular flexibility index (Phi) is 23.1. The second kappa shape index (κ2) is 30.9. The van der Waals surface area contributed by atoms with Gasteiger partial charge in [-0.3, -0.25) is 0 Å². The number of aryl methyl sites for hydroxylation is 2. The molecule has 0 aliphatic carbocycles. The number of hydrogen-bond acceptors (Lipinski definition) is 6. The Morgan fingerprint density at radius 1 is 0.375 bits per heavy atom. The first-order chi connectivity index (χ1) is 39.5. The SMILES string of the molecule is CCCCCCCCCCCCOc1cc2c(c3c1N=c1c(Cl)c4c(c(Cl)c1O3)=Nc1c(OCCCCCCCCCCCC)cc3c(c1O4)c1ccccc1n3CCCCCCCC)c1ccccc1n2CCCCCCCC. The molecule has 0 atom stereocenters. The van der Waals surface area contributed by atoms with Crippen LogP contribution in [0.4, 0.5) is 11.4 Å². The summed E-state index contributed by atoms with van der Waals surface area (Å²) in [7, 11) is 0. The minimum atomic E-state index is 0.298. The zero-order valence-electron chi connectivity index (χ0n) is 49.4. The van der Waals surface area contributed by atoms with Gasteiger partial charge in [-0.05, 0) is 37.8 Å². The van der Waals surface area contributed by atoms with E-state index in [0.717, 1.165) is 84.2 Å². The van der Waals surface area contributed by atoms with Crippen molar-refractivity contribution in [1.82, 2.24) is 9.13 Å². The third-order valence-corrected chi connectivity index (χ3v) is 17.7. The maximum atomic E-state index is 7.67. The third-order valence-electron chi connectivity index (χ3n) is 17.0. The fourth-order valence-electron chi connectivity index (χ4n) is 12.5. The van der Waals surface area contributed by atoms with Crippen LogP contribution in [0.25, 0.3) is 43.6 Å². The number of ether oxygens (including phenoxy) is 4. The molecule has 7 aromatic rings. The topological polar surface area (TPSA) is 71.5 Å². The number of nitrogens with zero attached hydrogens (tertiary/aromatic N) is 4. The fourth-order valence-corrected chi connectivity index (χ4v) is 13.0. The number of para-hydroxylation sites is 2. The number of halogens is 2. The van der Waals surface area contributed by atoms with Crippen LogP contribution in [-0.2, 0) is 13.1 Å². The van der Waals surface area contributed by atoms with Crippen molar-refractivity contribution < 1.29 is 18.9 Å². The van der Waals surface area contributed by atoms with Gasteiger partial charge in [-0.1, -0.05) is 267 Å². The van der Waals surface area contributed by atoms with Gasteiger partial charge in [-0.15, -0.1) is 0 Å². The van der Waals surface area contributed by atoms with E-state index in [1.54, 1.807) is 0 Å². The lowest BCUT2D eigenvalue weighted by atomic mass is 10.1. The second-order valence-corrected chi connectivity index (χ2v) is 24.0. The van der Waals surface area contributed by atoms with Crippen LogP contribution < -0.4 is 29.7 Å². The average Bonchev–Trinajstić information content (AvgIpc) is 4.18. The van der Waals surface area contributed by atoms with Gasteiger partial charge in [0.05, 0.1) is 35.0 Å². The molecule has 0 unspecified atom stereocenters. The Morgan fingerprint density at radius 3 is 1.04 bits per heavy atom. The first kappa shape index (κ1) is 59.7. The molecule has 0 bridgehead atoms. The lowest BCUT2D eigenvalue weighted by Crippen LogP contribution is -2.22. The number of unbranched alkanes of at least 4 members (excludes halogenated alkanes) is 28. The van der Waals surface area contributed by atoms with Crippen molar-refractivity contribution in [3.05, 3.63) is 81.4 Å². The molecule has 0 saturated carbocycles. The molecule has 0 spiro atoms. The molecule has 0 fully saturated rings. The molecule has 10 heteroatoms. The molecule has 0 amide bonds. The molecule has 0 N–H and O–H groups in total. The van der Waals surface area contributed by atoms with Gasteiger partial charge < -0.3 is 28.1 Å². The Balaban J connectivity index is 1.08. The van der Waals surface area contributed by atoms with Crippen molar-refractivity contribution in [1.29, 1.82) is 0 Å². The molecule has 80 heavy (non-hydrogen) atoms. The van der Waals surface area contributed by atoms with Gasteiger partial charge in [-0.2, -0.15) is 0 Å². The fraction of sp³-hybridized carbons (Fsp3) is 0.571. The Morgan fingerprint density at radius 2 is 0.688 bits per heavy atom. The summed E-state index contributed by atoms with van der Waals surface area (Å²) >= 11 is 15.3. The standard InChI is InChI=1S/C70H94Cl2N4O4/c1-5-9-13-17-21-23-25-27-31-39-47-77-57-49-55-59(51-41-33-35-43-53(51)75(55)45-37-29-19-15-11-7-3)67-63(57)73-65-61(71)70-66(62(72)69(65)79-67)74-64-58(78-48-40-32-28-26-24-22-18-14-10-6-2)50-56-60(68(64)80-70)52-42-34-36-44-54(52)76(56)46-38-30-20-16-12-8-4/h33-36,41-44,49-50H,5-32,37-40,45-48H2,1-4H3. The molecule has 4 heterocycles. The number of rotatable bonds is 38. The summed E-state index contributed by atoms with van der Waals surface area (Å²) in [6, 6.07) is 21.7. The van der Waals surface area contributed by atoms with Gasteiger partial charge in [0.1, 0.15) is 32.1 Å². The molecular weight excluding hydrogens is 1030 g/mol. The van der Waals surface area contributed by atoms with E-state index in [1.165, 1.54) is 178 Å². The van der Waals surface area contributed by atoms with Crippen LogP contribution in [-0.4, -0.2) is 22.3 Å². The summed E-state index contributed by atoms with van der Waals surface area (Å²) in [6.07, 6.45) is 39.8. The molecule has 2 aromatic heterocycles. The van der Waals surface area contributed by atoms with Crippen molar-refractivity contribution in [2.24, 2.45) is 9.98 Å². The molecule has 0 saturated heterocycles. The van der Waals surface area contributed by atoms with Crippen molar-refractivity contribution in [3.8, 4) is 34.5 Å². The van der Waals surface area contributed by atoms with Crippen molar-refractivity contribution in [2.75, 3.05) is 13.2 Å². The van der Waals surface area contributed by atoms with E-state index in [0.29, 0.717) is 79.8 Å². The van der Waals surface area contributed by atoms with Crippen LogP contribution in [0.5, 0.6) is 34.5 Å². The Labute approximate surface area is 489 Å². The highest BCUT2D eigenvalue weighted by molar-refractivity contribution is 6.35. The van der Waals surface area contributed by atoms with Crippen molar-refractivity contribution in [3.63, 3.8) is 0 Å². The summed E-state index contributed by atoms with van der Waals surface area (Å²) in [6.45, 7) is 12.1. The van der Waals surface area contributed by atoms with E-state index in [1.807, 2.05) is 0 Å². The Bertz CT molecular complexity index is 3030. The van der Waals surface area contributed by atoms with Crippen LogP contribution in [0.3, 0.4) is 0 Å². The summed E-state index contributed by atoms with van der Waals surface area (Å²) in [5.74, 6) is 3.35. The highest BCUT2D eigenvalue weighted by Crippen LogP contribution is 2.54. The number of benzene rings is 5. The predicted molar refractivity (Wildman–Crippen MR) is 339 cm³/mol. The van der Waals surface area contributed by atoms with Crippen molar-refractivity contribution >= 4 is 78.2 Å². The summed E-state index contributed by atoms with van der Waals surface area (Å²) in [4.78, 5) is 10.9. The highest BCUT2D eigenvalue weighted by atomic mass is 35.5. The second-order valence-electron chi connectivity index (χ2n) is 23.2. The van der Waals surface area contributed by atoms with Gasteiger partial charge in [0.15, 0.2) is 34.5 Å². The van der Waals surface area contributed by atoms with Gasteiger partial charge in [0.25, 0.3) is 0 Å². The molecule has 2 aliphatic rings. The van der Waals surface area contributed by atoms with Crippen LogP contribution in [0.15, 0.2) is 70.6 Å². The first-order valence-corrected chi connectivity index (χ1v) is 33.0. The summed E-state index contributed by atoms with van der Waals surface area (Å²) in [5.41, 5.74) is 5.71. The number of fused-ring (bicyclic) bond motifs is 12.